The van der Waals surface area contributed by atoms with Crippen molar-refractivity contribution in [3.8, 4) is 0 Å². The zero-order valence-electron chi connectivity index (χ0n) is 12.3. The Bertz CT molecular complexity index is 695. The van der Waals surface area contributed by atoms with Crippen molar-refractivity contribution in [3.63, 3.8) is 0 Å². The van der Waals surface area contributed by atoms with Gasteiger partial charge >= 0.3 is 0 Å². The van der Waals surface area contributed by atoms with Gasteiger partial charge in [0.1, 0.15) is 0 Å². The van der Waals surface area contributed by atoms with Crippen LogP contribution in [-0.2, 0) is 29.0 Å². The largest absolute Gasteiger partial charge is 0.352 e. The molecule has 0 radical (unpaired) electrons. The van der Waals surface area contributed by atoms with Crippen LogP contribution in [0.2, 0.25) is 0 Å². The molecule has 2 amide bonds. The summed E-state index contributed by atoms with van der Waals surface area (Å²) in [4.78, 5) is 23.3. The molecule has 0 spiro atoms. The topological polar surface area (TPSA) is 58.2 Å². The third-order valence-electron chi connectivity index (χ3n) is 3.76. The fraction of sp³-hybridized carbons (Fsp3) is 0.222. The summed E-state index contributed by atoms with van der Waals surface area (Å²) in [6, 6.07) is 15.6. The van der Waals surface area contributed by atoms with E-state index in [1.807, 2.05) is 42.5 Å². The highest BCUT2D eigenvalue weighted by Crippen LogP contribution is 2.23. The molecule has 1 aliphatic heterocycles. The van der Waals surface area contributed by atoms with Crippen LogP contribution in [0.15, 0.2) is 48.5 Å². The fourth-order valence-corrected chi connectivity index (χ4v) is 2.59. The van der Waals surface area contributed by atoms with Gasteiger partial charge in [0.05, 0.1) is 6.42 Å². The van der Waals surface area contributed by atoms with Crippen LogP contribution in [0.1, 0.15) is 23.1 Å². The number of amides is 2. The van der Waals surface area contributed by atoms with E-state index in [4.69, 9.17) is 0 Å². The van der Waals surface area contributed by atoms with Gasteiger partial charge in [-0.15, -0.1) is 0 Å². The van der Waals surface area contributed by atoms with E-state index in [-0.39, 0.29) is 11.8 Å². The highest BCUT2D eigenvalue weighted by molar-refractivity contribution is 5.93. The minimum atomic E-state index is 0.0113. The standard InChI is InChI=1S/C18H18N2O2/c21-17-9-7-15-10-14(6-8-16(15)20-17)12-19-18(22)11-13-4-2-1-3-5-13/h1-6,8,10H,7,9,11-12H2,(H,19,22)(H,20,21). The van der Waals surface area contributed by atoms with E-state index < -0.39 is 0 Å². The number of aryl methyl sites for hydroxylation is 1. The number of nitrogens with one attached hydrogen (secondary N) is 2. The quantitative estimate of drug-likeness (QED) is 0.910. The van der Waals surface area contributed by atoms with E-state index in [1.54, 1.807) is 0 Å². The van der Waals surface area contributed by atoms with Gasteiger partial charge in [-0.05, 0) is 29.2 Å². The third kappa shape index (κ3) is 3.52. The maximum absolute atomic E-state index is 11.9. The van der Waals surface area contributed by atoms with Crippen molar-refractivity contribution in [1.29, 1.82) is 0 Å². The molecular weight excluding hydrogens is 276 g/mol. The van der Waals surface area contributed by atoms with Crippen LogP contribution in [0.5, 0.6) is 0 Å². The third-order valence-corrected chi connectivity index (χ3v) is 3.76. The molecule has 2 aromatic carbocycles. The van der Waals surface area contributed by atoms with Crippen LogP contribution in [0.3, 0.4) is 0 Å². The molecule has 1 heterocycles. The normalized spacial score (nSPS) is 13.2. The Morgan fingerprint density at radius 2 is 1.86 bits per heavy atom. The second kappa shape index (κ2) is 6.43. The second-order valence-corrected chi connectivity index (χ2v) is 5.48. The molecule has 0 aromatic heterocycles. The Morgan fingerprint density at radius 3 is 2.68 bits per heavy atom. The maximum Gasteiger partial charge on any atom is 0.224 e. The lowest BCUT2D eigenvalue weighted by atomic mass is 10.0. The summed E-state index contributed by atoms with van der Waals surface area (Å²) in [5.74, 6) is 0.0774. The molecule has 3 rings (SSSR count). The summed E-state index contributed by atoms with van der Waals surface area (Å²) in [6.07, 6.45) is 1.67. The minimum absolute atomic E-state index is 0.0113. The molecule has 4 heteroatoms. The Labute approximate surface area is 129 Å². The first-order valence-electron chi connectivity index (χ1n) is 7.43. The van der Waals surface area contributed by atoms with Gasteiger partial charge in [0.25, 0.3) is 0 Å². The Balaban J connectivity index is 1.57. The average molecular weight is 294 g/mol. The van der Waals surface area contributed by atoms with Gasteiger partial charge in [0.2, 0.25) is 11.8 Å². The molecule has 0 bridgehead atoms. The van der Waals surface area contributed by atoms with Crippen LogP contribution in [0, 0.1) is 0 Å². The average Bonchev–Trinajstić information content (AvgIpc) is 2.54. The first-order chi connectivity index (χ1) is 10.7. The first kappa shape index (κ1) is 14.3. The molecule has 0 aliphatic carbocycles. The van der Waals surface area contributed by atoms with E-state index >= 15 is 0 Å². The molecule has 0 saturated carbocycles. The number of fused-ring (bicyclic) bond motifs is 1. The summed E-state index contributed by atoms with van der Waals surface area (Å²) in [5.41, 5.74) is 4.08. The molecule has 0 fully saturated rings. The van der Waals surface area contributed by atoms with Crippen molar-refractivity contribution in [1.82, 2.24) is 5.32 Å². The molecule has 0 saturated heterocycles. The molecule has 0 atom stereocenters. The molecule has 22 heavy (non-hydrogen) atoms. The lowest BCUT2D eigenvalue weighted by Crippen LogP contribution is -2.25. The predicted molar refractivity (Wildman–Crippen MR) is 85.4 cm³/mol. The number of hydrogen-bond acceptors (Lipinski definition) is 2. The van der Waals surface area contributed by atoms with Gasteiger partial charge in [0, 0.05) is 18.7 Å². The number of anilines is 1. The van der Waals surface area contributed by atoms with Crippen molar-refractivity contribution in [3.05, 3.63) is 65.2 Å². The zero-order chi connectivity index (χ0) is 15.4. The predicted octanol–water partition coefficient (Wildman–Crippen LogP) is 2.43. The molecule has 0 unspecified atom stereocenters. The van der Waals surface area contributed by atoms with Crippen LogP contribution in [0.25, 0.3) is 0 Å². The Morgan fingerprint density at radius 1 is 1.05 bits per heavy atom. The van der Waals surface area contributed by atoms with Gasteiger partial charge < -0.3 is 10.6 Å². The van der Waals surface area contributed by atoms with Gasteiger partial charge in [-0.1, -0.05) is 42.5 Å². The zero-order valence-corrected chi connectivity index (χ0v) is 12.3. The number of carbonyl (C=O) groups excluding carboxylic acids is 2. The van der Waals surface area contributed by atoms with Crippen LogP contribution in [0.4, 0.5) is 5.69 Å². The summed E-state index contributed by atoms with van der Waals surface area (Å²) in [5, 5.41) is 5.80. The minimum Gasteiger partial charge on any atom is -0.352 e. The van der Waals surface area contributed by atoms with Crippen molar-refractivity contribution in [2.45, 2.75) is 25.8 Å². The van der Waals surface area contributed by atoms with Crippen LogP contribution < -0.4 is 10.6 Å². The monoisotopic (exact) mass is 294 g/mol. The number of rotatable bonds is 4. The lowest BCUT2D eigenvalue weighted by molar-refractivity contribution is -0.120. The summed E-state index contributed by atoms with van der Waals surface area (Å²) in [7, 11) is 0. The summed E-state index contributed by atoms with van der Waals surface area (Å²) < 4.78 is 0. The highest BCUT2D eigenvalue weighted by Gasteiger charge is 2.14. The Hall–Kier alpha value is -2.62. The van der Waals surface area contributed by atoms with Gasteiger partial charge in [-0.3, -0.25) is 9.59 Å². The summed E-state index contributed by atoms with van der Waals surface area (Å²) in [6.45, 7) is 0.507. The molecule has 112 valence electrons. The van der Waals surface area contributed by atoms with Crippen LogP contribution in [-0.4, -0.2) is 11.8 Å². The van der Waals surface area contributed by atoms with E-state index in [9.17, 15) is 9.59 Å². The van der Waals surface area contributed by atoms with Crippen molar-refractivity contribution in [2.24, 2.45) is 0 Å². The number of benzene rings is 2. The summed E-state index contributed by atoms with van der Waals surface area (Å²) >= 11 is 0. The van der Waals surface area contributed by atoms with Crippen molar-refractivity contribution >= 4 is 17.5 Å². The molecule has 2 aromatic rings. The number of hydrogen-bond donors (Lipinski definition) is 2. The van der Waals surface area contributed by atoms with Crippen molar-refractivity contribution in [2.75, 3.05) is 5.32 Å². The van der Waals surface area contributed by atoms with Gasteiger partial charge in [-0.2, -0.15) is 0 Å². The first-order valence-corrected chi connectivity index (χ1v) is 7.43. The fourth-order valence-electron chi connectivity index (χ4n) is 2.59. The van der Waals surface area contributed by atoms with Crippen LogP contribution >= 0.6 is 0 Å². The molecule has 1 aliphatic rings. The van der Waals surface area contributed by atoms with Gasteiger partial charge in [0.15, 0.2) is 0 Å². The van der Waals surface area contributed by atoms with Gasteiger partial charge in [-0.25, -0.2) is 0 Å². The number of carbonyl (C=O) groups is 2. The van der Waals surface area contributed by atoms with E-state index in [0.717, 1.165) is 28.8 Å². The lowest BCUT2D eigenvalue weighted by Gasteiger charge is -2.17. The Kier molecular flexibility index (Phi) is 4.19. The van der Waals surface area contributed by atoms with Crippen molar-refractivity contribution < 1.29 is 9.59 Å². The SMILES string of the molecule is O=C(Cc1ccccc1)NCc1ccc2c(c1)CCC(=O)N2. The molecule has 4 nitrogen and oxygen atoms in total. The van der Waals surface area contributed by atoms with E-state index in [2.05, 4.69) is 16.7 Å². The van der Waals surface area contributed by atoms with E-state index in [1.165, 1.54) is 0 Å². The smallest absolute Gasteiger partial charge is 0.224 e. The van der Waals surface area contributed by atoms with E-state index in [0.29, 0.717) is 19.4 Å². The second-order valence-electron chi connectivity index (χ2n) is 5.48. The maximum atomic E-state index is 11.9. The molecule has 2 N–H and O–H groups in total. The highest BCUT2D eigenvalue weighted by atomic mass is 16.2. The molecular formula is C18H18N2O2.